The van der Waals surface area contributed by atoms with Gasteiger partial charge >= 0.3 is 0 Å². The van der Waals surface area contributed by atoms with Crippen molar-refractivity contribution in [3.8, 4) is 0 Å². The number of hydrogen-bond donors (Lipinski definition) is 1. The lowest BCUT2D eigenvalue weighted by molar-refractivity contribution is 0.532. The van der Waals surface area contributed by atoms with Crippen molar-refractivity contribution < 1.29 is 4.42 Å². The van der Waals surface area contributed by atoms with Crippen LogP contribution in [0, 0.1) is 0 Å². The molecule has 1 fully saturated rings. The van der Waals surface area contributed by atoms with Crippen LogP contribution in [0.1, 0.15) is 30.2 Å². The zero-order valence-electron chi connectivity index (χ0n) is 8.67. The number of fused-ring (bicyclic) bond motifs is 1. The fourth-order valence-corrected chi connectivity index (χ4v) is 2.55. The summed E-state index contributed by atoms with van der Waals surface area (Å²) in [4.78, 5) is 4.53. The average Bonchev–Trinajstić information content (AvgIpc) is 2.98. The number of oxazole rings is 1. The van der Waals surface area contributed by atoms with Crippen molar-refractivity contribution in [2.75, 3.05) is 0 Å². The summed E-state index contributed by atoms with van der Waals surface area (Å²) < 4.78 is 6.74. The summed E-state index contributed by atoms with van der Waals surface area (Å²) in [5.41, 5.74) is 3.05. The molecule has 3 nitrogen and oxygen atoms in total. The number of aromatic nitrogens is 1. The monoisotopic (exact) mass is 346 g/mol. The summed E-state index contributed by atoms with van der Waals surface area (Å²) in [5, 5.41) is 0.840. The second kappa shape index (κ2) is 4.47. The van der Waals surface area contributed by atoms with Gasteiger partial charge in [-0.3, -0.25) is 0 Å². The van der Waals surface area contributed by atoms with Gasteiger partial charge in [0.15, 0.2) is 11.5 Å². The first-order valence-electron chi connectivity index (χ1n) is 4.93. The van der Waals surface area contributed by atoms with Crippen molar-refractivity contribution >= 4 is 43.0 Å². The first kappa shape index (κ1) is 12.1. The molecule has 1 aromatic heterocycles. The maximum atomic E-state index is 5.75. The van der Waals surface area contributed by atoms with E-state index < -0.39 is 0 Å². The second-order valence-corrected chi connectivity index (χ2v) is 5.30. The van der Waals surface area contributed by atoms with Gasteiger partial charge in [-0.1, -0.05) is 15.9 Å². The third-order valence-corrected chi connectivity index (χ3v) is 3.84. The Hall–Kier alpha value is -0.390. The molecule has 3 rings (SSSR count). The standard InChI is InChI=1S/C11H9Br2NO.H3N/c12-5-6-3-8(13)10-9(4-6)14-11(15-10)7-1-2-7;/h3-4,7H,1-2,5H2;1H3. The fraction of sp³-hybridized carbons (Fsp3) is 0.364. The second-order valence-electron chi connectivity index (χ2n) is 3.89. The largest absolute Gasteiger partial charge is 0.439 e. The number of benzene rings is 1. The summed E-state index contributed by atoms with van der Waals surface area (Å²) >= 11 is 6.96. The predicted octanol–water partition coefficient (Wildman–Crippen LogP) is 4.52. The van der Waals surface area contributed by atoms with Crippen molar-refractivity contribution in [1.29, 1.82) is 0 Å². The van der Waals surface area contributed by atoms with Gasteiger partial charge in [0.1, 0.15) is 5.52 Å². The Kier molecular flexibility index (Phi) is 3.37. The first-order chi connectivity index (χ1) is 7.28. The molecule has 0 radical (unpaired) electrons. The molecule has 0 amide bonds. The van der Waals surface area contributed by atoms with Crippen LogP contribution in [-0.4, -0.2) is 4.98 Å². The topological polar surface area (TPSA) is 61.0 Å². The van der Waals surface area contributed by atoms with E-state index in [1.54, 1.807) is 0 Å². The van der Waals surface area contributed by atoms with Crippen LogP contribution in [0.15, 0.2) is 21.0 Å². The fourth-order valence-electron chi connectivity index (χ4n) is 1.65. The van der Waals surface area contributed by atoms with E-state index in [4.69, 9.17) is 4.42 Å². The van der Waals surface area contributed by atoms with Gasteiger partial charge < -0.3 is 10.6 Å². The SMILES string of the molecule is BrCc1cc(Br)c2oc(C3CC3)nc2c1.N. The highest BCUT2D eigenvalue weighted by atomic mass is 79.9. The van der Waals surface area contributed by atoms with Crippen molar-refractivity contribution in [2.24, 2.45) is 0 Å². The van der Waals surface area contributed by atoms with E-state index in [9.17, 15) is 0 Å². The minimum Gasteiger partial charge on any atom is -0.439 e. The third kappa shape index (κ3) is 2.04. The molecule has 1 aliphatic rings. The van der Waals surface area contributed by atoms with E-state index in [-0.39, 0.29) is 6.15 Å². The normalized spacial score (nSPS) is 15.1. The Morgan fingerprint density at radius 3 is 2.75 bits per heavy atom. The van der Waals surface area contributed by atoms with Crippen LogP contribution in [0.4, 0.5) is 0 Å². The van der Waals surface area contributed by atoms with Gasteiger partial charge in [-0.2, -0.15) is 0 Å². The molecule has 3 N–H and O–H groups in total. The number of rotatable bonds is 2. The van der Waals surface area contributed by atoms with Crippen molar-refractivity contribution in [3.05, 3.63) is 28.1 Å². The first-order valence-corrected chi connectivity index (χ1v) is 6.84. The molecule has 16 heavy (non-hydrogen) atoms. The van der Waals surface area contributed by atoms with E-state index in [0.29, 0.717) is 5.92 Å². The molecule has 1 saturated carbocycles. The van der Waals surface area contributed by atoms with Gasteiger partial charge in [0.2, 0.25) is 0 Å². The van der Waals surface area contributed by atoms with Gasteiger partial charge in [-0.05, 0) is 46.5 Å². The van der Waals surface area contributed by atoms with Crippen LogP contribution in [0.5, 0.6) is 0 Å². The molecule has 1 heterocycles. The summed E-state index contributed by atoms with van der Waals surface area (Å²) in [7, 11) is 0. The van der Waals surface area contributed by atoms with Gasteiger partial charge in [0, 0.05) is 11.2 Å². The summed E-state index contributed by atoms with van der Waals surface area (Å²) in [6.07, 6.45) is 2.44. The van der Waals surface area contributed by atoms with Crippen LogP contribution < -0.4 is 6.15 Å². The number of halogens is 2. The summed E-state index contributed by atoms with van der Waals surface area (Å²) in [6, 6.07) is 4.14. The molecular weight excluding hydrogens is 336 g/mol. The van der Waals surface area contributed by atoms with Crippen molar-refractivity contribution in [2.45, 2.75) is 24.1 Å². The average molecular weight is 348 g/mol. The zero-order valence-corrected chi connectivity index (χ0v) is 11.8. The van der Waals surface area contributed by atoms with E-state index in [0.717, 1.165) is 26.8 Å². The lowest BCUT2D eigenvalue weighted by Crippen LogP contribution is -1.79. The van der Waals surface area contributed by atoms with Crippen LogP contribution >= 0.6 is 31.9 Å². The van der Waals surface area contributed by atoms with Crippen LogP contribution in [0.2, 0.25) is 0 Å². The lowest BCUT2D eigenvalue weighted by Gasteiger charge is -1.96. The van der Waals surface area contributed by atoms with Crippen molar-refractivity contribution in [3.63, 3.8) is 0 Å². The molecule has 0 spiro atoms. The highest BCUT2D eigenvalue weighted by Gasteiger charge is 2.29. The Balaban J connectivity index is 0.000000963. The van der Waals surface area contributed by atoms with E-state index in [2.05, 4.69) is 49.0 Å². The Bertz CT molecular complexity index is 520. The molecule has 0 atom stereocenters. The predicted molar refractivity (Wildman–Crippen MR) is 71.3 cm³/mol. The molecule has 0 aliphatic heterocycles. The maximum Gasteiger partial charge on any atom is 0.198 e. The highest BCUT2D eigenvalue weighted by Crippen LogP contribution is 2.41. The van der Waals surface area contributed by atoms with Gasteiger partial charge in [0.05, 0.1) is 4.47 Å². The zero-order chi connectivity index (χ0) is 10.4. The Labute approximate surface area is 110 Å². The van der Waals surface area contributed by atoms with E-state index >= 15 is 0 Å². The van der Waals surface area contributed by atoms with Gasteiger partial charge in [-0.15, -0.1) is 0 Å². The van der Waals surface area contributed by atoms with Crippen LogP contribution in [-0.2, 0) is 5.33 Å². The molecular formula is C11H12Br2N2O. The Morgan fingerprint density at radius 1 is 1.38 bits per heavy atom. The quantitative estimate of drug-likeness (QED) is 0.812. The van der Waals surface area contributed by atoms with E-state index in [1.807, 2.05) is 0 Å². The molecule has 86 valence electrons. The van der Waals surface area contributed by atoms with E-state index in [1.165, 1.54) is 18.4 Å². The minimum absolute atomic E-state index is 0. The van der Waals surface area contributed by atoms with Gasteiger partial charge in [0.25, 0.3) is 0 Å². The third-order valence-electron chi connectivity index (χ3n) is 2.60. The van der Waals surface area contributed by atoms with Crippen molar-refractivity contribution in [1.82, 2.24) is 11.1 Å². The molecule has 0 bridgehead atoms. The number of alkyl halides is 1. The Morgan fingerprint density at radius 2 is 2.12 bits per heavy atom. The molecule has 5 heteroatoms. The summed E-state index contributed by atoms with van der Waals surface area (Å²) in [6.45, 7) is 0. The molecule has 0 saturated heterocycles. The summed E-state index contributed by atoms with van der Waals surface area (Å²) in [5.74, 6) is 1.47. The smallest absolute Gasteiger partial charge is 0.198 e. The maximum absolute atomic E-state index is 5.75. The number of nitrogens with zero attached hydrogens (tertiary/aromatic N) is 1. The number of hydrogen-bond acceptors (Lipinski definition) is 3. The lowest BCUT2D eigenvalue weighted by atomic mass is 10.2. The molecule has 2 aromatic rings. The highest BCUT2D eigenvalue weighted by molar-refractivity contribution is 9.10. The van der Waals surface area contributed by atoms with Crippen LogP contribution in [0.25, 0.3) is 11.1 Å². The molecule has 0 unspecified atom stereocenters. The van der Waals surface area contributed by atoms with Crippen LogP contribution in [0.3, 0.4) is 0 Å². The van der Waals surface area contributed by atoms with Gasteiger partial charge in [-0.25, -0.2) is 4.98 Å². The minimum atomic E-state index is 0. The molecule has 1 aromatic carbocycles. The molecule has 1 aliphatic carbocycles.